The fraction of sp³-hybridized carbons (Fsp3) is 0.133. The van der Waals surface area contributed by atoms with E-state index >= 15 is 0 Å². The molecular formula is C15H13FN2S2. The number of nitrogens with two attached hydrogens (primary N) is 1. The van der Waals surface area contributed by atoms with Crippen LogP contribution in [0.2, 0.25) is 0 Å². The fourth-order valence-electron chi connectivity index (χ4n) is 1.87. The molecule has 2 aromatic carbocycles. The number of aromatic nitrogens is 1. The number of fused-ring (bicyclic) bond motifs is 1. The van der Waals surface area contributed by atoms with Crippen LogP contribution in [0, 0.1) is 5.82 Å². The van der Waals surface area contributed by atoms with Crippen LogP contribution in [0.4, 0.5) is 4.39 Å². The van der Waals surface area contributed by atoms with Gasteiger partial charge in [-0.3, -0.25) is 0 Å². The quantitative estimate of drug-likeness (QED) is 0.768. The number of para-hydroxylation sites is 1. The molecule has 2 nitrogen and oxygen atoms in total. The minimum atomic E-state index is -0.246. The van der Waals surface area contributed by atoms with Crippen molar-refractivity contribution >= 4 is 33.3 Å². The molecule has 0 bridgehead atoms. The molecule has 3 aromatic rings. The van der Waals surface area contributed by atoms with Gasteiger partial charge in [0.05, 0.1) is 15.1 Å². The van der Waals surface area contributed by atoms with Crippen molar-refractivity contribution in [3.63, 3.8) is 0 Å². The second-order valence-corrected chi connectivity index (χ2v) is 6.85. The third-order valence-electron chi connectivity index (χ3n) is 2.95. The van der Waals surface area contributed by atoms with Gasteiger partial charge in [0.15, 0.2) is 4.34 Å². The molecule has 2 N–H and O–H groups in total. The zero-order valence-electron chi connectivity index (χ0n) is 10.8. The molecule has 0 unspecified atom stereocenters. The summed E-state index contributed by atoms with van der Waals surface area (Å²) in [5.74, 6) is -0.246. The van der Waals surface area contributed by atoms with Gasteiger partial charge in [-0.1, -0.05) is 30.0 Å². The first kappa shape index (κ1) is 13.5. The Morgan fingerprint density at radius 3 is 2.75 bits per heavy atom. The molecule has 0 aliphatic rings. The molecule has 0 spiro atoms. The third kappa shape index (κ3) is 2.70. The molecule has 0 amide bonds. The topological polar surface area (TPSA) is 38.9 Å². The van der Waals surface area contributed by atoms with Crippen LogP contribution in [0.1, 0.15) is 18.5 Å². The molecule has 0 radical (unpaired) electrons. The minimum absolute atomic E-state index is 0.161. The Morgan fingerprint density at radius 1 is 1.25 bits per heavy atom. The Hall–Kier alpha value is -1.43. The lowest BCUT2D eigenvalue weighted by atomic mass is 10.1. The number of halogens is 1. The molecular weight excluding hydrogens is 291 g/mol. The van der Waals surface area contributed by atoms with Gasteiger partial charge >= 0.3 is 0 Å². The molecule has 5 heteroatoms. The SMILES string of the molecule is C[C@H](N)c1ccc(Sc2nc3ccccc3s2)c(F)c1. The molecule has 0 aliphatic heterocycles. The monoisotopic (exact) mass is 304 g/mol. The maximum Gasteiger partial charge on any atom is 0.156 e. The average molecular weight is 304 g/mol. The first-order valence-electron chi connectivity index (χ1n) is 6.22. The maximum absolute atomic E-state index is 14.1. The van der Waals surface area contributed by atoms with Gasteiger partial charge in [0.1, 0.15) is 5.82 Å². The van der Waals surface area contributed by atoms with Crippen LogP contribution in [-0.2, 0) is 0 Å². The normalized spacial score (nSPS) is 12.8. The maximum atomic E-state index is 14.1. The summed E-state index contributed by atoms with van der Waals surface area (Å²) in [5, 5.41) is 0. The summed E-state index contributed by atoms with van der Waals surface area (Å²) in [7, 11) is 0. The number of nitrogens with zero attached hydrogens (tertiary/aromatic N) is 1. The summed E-state index contributed by atoms with van der Waals surface area (Å²) in [6, 6.07) is 12.9. The Labute approximate surface area is 124 Å². The van der Waals surface area contributed by atoms with Gasteiger partial charge in [0.25, 0.3) is 0 Å². The molecule has 0 fully saturated rings. The predicted octanol–water partition coefficient (Wildman–Crippen LogP) is 4.61. The highest BCUT2D eigenvalue weighted by molar-refractivity contribution is 8.01. The van der Waals surface area contributed by atoms with Gasteiger partial charge in [0.2, 0.25) is 0 Å². The number of rotatable bonds is 3. The molecule has 0 saturated carbocycles. The van der Waals surface area contributed by atoms with E-state index in [1.807, 2.05) is 37.3 Å². The van der Waals surface area contributed by atoms with Gasteiger partial charge in [-0.2, -0.15) is 0 Å². The van der Waals surface area contributed by atoms with E-state index in [0.29, 0.717) is 4.90 Å². The molecule has 0 saturated heterocycles. The van der Waals surface area contributed by atoms with Crippen LogP contribution in [0.25, 0.3) is 10.2 Å². The molecule has 0 aliphatic carbocycles. The summed E-state index contributed by atoms with van der Waals surface area (Å²) >= 11 is 2.92. The highest BCUT2D eigenvalue weighted by Gasteiger charge is 2.10. The van der Waals surface area contributed by atoms with Crippen molar-refractivity contribution in [1.82, 2.24) is 4.98 Å². The lowest BCUT2D eigenvalue weighted by Gasteiger charge is -2.07. The highest BCUT2D eigenvalue weighted by atomic mass is 32.2. The molecule has 1 heterocycles. The summed E-state index contributed by atoms with van der Waals surface area (Å²) in [6.45, 7) is 1.84. The van der Waals surface area contributed by atoms with Gasteiger partial charge in [-0.05, 0) is 36.8 Å². The zero-order chi connectivity index (χ0) is 14.1. The van der Waals surface area contributed by atoms with E-state index in [1.54, 1.807) is 17.4 Å². The number of hydrogen-bond acceptors (Lipinski definition) is 4. The van der Waals surface area contributed by atoms with Crippen molar-refractivity contribution in [2.45, 2.75) is 22.2 Å². The van der Waals surface area contributed by atoms with E-state index in [2.05, 4.69) is 4.98 Å². The fourth-order valence-corrected chi connectivity index (χ4v) is 3.90. The van der Waals surface area contributed by atoms with Crippen molar-refractivity contribution in [3.8, 4) is 0 Å². The van der Waals surface area contributed by atoms with Gasteiger partial charge in [0, 0.05) is 6.04 Å². The molecule has 3 rings (SSSR count). The van der Waals surface area contributed by atoms with Crippen LogP contribution in [0.3, 0.4) is 0 Å². The van der Waals surface area contributed by atoms with E-state index < -0.39 is 0 Å². The van der Waals surface area contributed by atoms with Crippen LogP contribution in [0.5, 0.6) is 0 Å². The van der Waals surface area contributed by atoms with Crippen molar-refractivity contribution in [2.75, 3.05) is 0 Å². The van der Waals surface area contributed by atoms with Crippen LogP contribution < -0.4 is 5.73 Å². The molecule has 20 heavy (non-hydrogen) atoms. The van der Waals surface area contributed by atoms with E-state index in [0.717, 1.165) is 20.1 Å². The predicted molar refractivity (Wildman–Crippen MR) is 82.7 cm³/mol. The third-order valence-corrected chi connectivity index (χ3v) is 5.10. The van der Waals surface area contributed by atoms with Crippen LogP contribution >= 0.6 is 23.1 Å². The second-order valence-electron chi connectivity index (χ2n) is 4.53. The molecule has 102 valence electrons. The summed E-state index contributed by atoms with van der Waals surface area (Å²) in [4.78, 5) is 5.07. The minimum Gasteiger partial charge on any atom is -0.324 e. The Morgan fingerprint density at radius 2 is 2.05 bits per heavy atom. The largest absolute Gasteiger partial charge is 0.324 e. The van der Waals surface area contributed by atoms with E-state index in [4.69, 9.17) is 5.73 Å². The average Bonchev–Trinajstić information content (AvgIpc) is 2.83. The summed E-state index contributed by atoms with van der Waals surface area (Å²) in [6.07, 6.45) is 0. The Balaban J connectivity index is 1.90. The number of hydrogen-bond donors (Lipinski definition) is 1. The second kappa shape index (κ2) is 5.52. The van der Waals surface area contributed by atoms with Crippen molar-refractivity contribution in [1.29, 1.82) is 0 Å². The zero-order valence-corrected chi connectivity index (χ0v) is 12.5. The standard InChI is InChI=1S/C15H13FN2S2/c1-9(17)10-6-7-13(11(16)8-10)19-15-18-12-4-2-3-5-14(12)20-15/h2-9H,17H2,1H3/t9-/m0/s1. The highest BCUT2D eigenvalue weighted by Crippen LogP contribution is 2.35. The number of benzene rings is 2. The van der Waals surface area contributed by atoms with Crippen LogP contribution in [-0.4, -0.2) is 4.98 Å². The first-order valence-corrected chi connectivity index (χ1v) is 7.85. The van der Waals surface area contributed by atoms with Crippen molar-refractivity contribution < 1.29 is 4.39 Å². The van der Waals surface area contributed by atoms with Gasteiger partial charge < -0.3 is 5.73 Å². The smallest absolute Gasteiger partial charge is 0.156 e. The van der Waals surface area contributed by atoms with Crippen molar-refractivity contribution in [2.24, 2.45) is 5.73 Å². The molecule has 1 aromatic heterocycles. The summed E-state index contributed by atoms with van der Waals surface area (Å²) < 4.78 is 16.0. The van der Waals surface area contributed by atoms with E-state index in [-0.39, 0.29) is 11.9 Å². The number of thiazole rings is 1. The summed E-state index contributed by atoms with van der Waals surface area (Å²) in [5.41, 5.74) is 7.51. The van der Waals surface area contributed by atoms with E-state index in [1.165, 1.54) is 17.8 Å². The lowest BCUT2D eigenvalue weighted by molar-refractivity contribution is 0.596. The van der Waals surface area contributed by atoms with Gasteiger partial charge in [-0.15, -0.1) is 11.3 Å². The molecule has 1 atom stereocenters. The van der Waals surface area contributed by atoms with Crippen molar-refractivity contribution in [3.05, 3.63) is 53.8 Å². The van der Waals surface area contributed by atoms with Crippen LogP contribution in [0.15, 0.2) is 51.7 Å². The Kier molecular flexibility index (Phi) is 3.74. The first-order chi connectivity index (χ1) is 9.63. The Bertz CT molecular complexity index is 719. The van der Waals surface area contributed by atoms with E-state index in [9.17, 15) is 4.39 Å². The lowest BCUT2D eigenvalue weighted by Crippen LogP contribution is -2.05. The van der Waals surface area contributed by atoms with Gasteiger partial charge in [-0.25, -0.2) is 9.37 Å².